The topological polar surface area (TPSA) is 0 Å². The van der Waals surface area contributed by atoms with Crippen LogP contribution in [0.15, 0.2) is 78.9 Å². The molecule has 0 nitrogen and oxygen atoms in total. The minimum absolute atomic E-state index is 0. The van der Waals surface area contributed by atoms with Crippen LogP contribution in [-0.2, 0) is 31.1 Å². The van der Waals surface area contributed by atoms with E-state index in [0.717, 1.165) is 6.42 Å². The first-order chi connectivity index (χ1) is 11.8. The summed E-state index contributed by atoms with van der Waals surface area (Å²) in [5.74, 6) is 0. The quantitative estimate of drug-likeness (QED) is 0.314. The van der Waals surface area contributed by atoms with Gasteiger partial charge in [-0.25, -0.2) is 0 Å². The van der Waals surface area contributed by atoms with Crippen molar-refractivity contribution in [1.82, 2.24) is 0 Å². The molecular weight excluding hydrogens is 438 g/mol. The summed E-state index contributed by atoms with van der Waals surface area (Å²) in [5.41, 5.74) is 8.57. The number of benzene rings is 4. The molecule has 0 saturated carbocycles. The molecule has 0 N–H and O–H groups in total. The van der Waals surface area contributed by atoms with E-state index in [9.17, 15) is 0 Å². The maximum absolute atomic E-state index is 2.33. The van der Waals surface area contributed by atoms with E-state index in [1.54, 1.807) is 0 Å². The summed E-state index contributed by atoms with van der Waals surface area (Å²) in [4.78, 5) is 0. The molecule has 5 rings (SSSR count). The predicted octanol–water partition coefficient (Wildman–Crippen LogP) is -0.742. The van der Waals surface area contributed by atoms with Gasteiger partial charge in [-0.15, -0.1) is 0 Å². The second-order valence-corrected chi connectivity index (χ2v) is 7.64. The van der Waals surface area contributed by atoms with Crippen molar-refractivity contribution in [2.45, 2.75) is 6.42 Å². The van der Waals surface area contributed by atoms with Gasteiger partial charge >= 0.3 is 157 Å². The zero-order valence-electron chi connectivity index (χ0n) is 14.0. The number of halogens is 2. The molecule has 0 saturated heterocycles. The number of hydrogen-bond donors (Lipinski definition) is 0. The van der Waals surface area contributed by atoms with E-state index in [4.69, 9.17) is 0 Å². The zero-order valence-corrected chi connectivity index (χ0v) is 17.9. The van der Waals surface area contributed by atoms with Gasteiger partial charge in [0.05, 0.1) is 0 Å². The summed E-state index contributed by atoms with van der Waals surface area (Å²) in [5, 5.41) is 2.62. The first kappa shape index (κ1) is 19.4. The third kappa shape index (κ3) is 3.07. The molecule has 26 heavy (non-hydrogen) atoms. The molecule has 0 aromatic heterocycles. The van der Waals surface area contributed by atoms with Crippen LogP contribution in [0.25, 0.3) is 33.0 Å². The molecule has 0 spiro atoms. The summed E-state index contributed by atoms with van der Waals surface area (Å²) in [6.07, 6.45) is 1.08. The molecule has 0 bridgehead atoms. The summed E-state index contributed by atoms with van der Waals surface area (Å²) in [6.45, 7) is 0. The Morgan fingerprint density at radius 1 is 0.615 bits per heavy atom. The van der Waals surface area contributed by atoms with Crippen molar-refractivity contribution in [3.63, 3.8) is 0 Å². The minimum atomic E-state index is 0. The molecule has 0 amide bonds. The molecule has 0 unspecified atom stereocenters. The second-order valence-electron chi connectivity index (χ2n) is 6.41. The Labute approximate surface area is 181 Å². The van der Waals surface area contributed by atoms with Gasteiger partial charge in [0.25, 0.3) is 0 Å². The summed E-state index contributed by atoms with van der Waals surface area (Å²) >= 11 is 1.50. The Hall–Kier alpha value is -1.40. The first-order valence-corrected chi connectivity index (χ1v) is 9.49. The van der Waals surface area contributed by atoms with Crippen molar-refractivity contribution in [2.24, 2.45) is 0 Å². The molecule has 0 atom stereocenters. The molecule has 125 valence electrons. The Balaban J connectivity index is 0.000000980. The molecule has 0 fully saturated rings. The van der Waals surface area contributed by atoms with Gasteiger partial charge in [-0.2, -0.15) is 0 Å². The predicted molar refractivity (Wildman–Crippen MR) is 97.3 cm³/mol. The number of hydrogen-bond acceptors (Lipinski definition) is 0. The van der Waals surface area contributed by atoms with Crippen LogP contribution >= 0.6 is 0 Å². The number of rotatable bonds is 1. The van der Waals surface area contributed by atoms with Crippen LogP contribution in [0.1, 0.15) is 11.1 Å². The molecule has 4 aromatic rings. The Morgan fingerprint density at radius 3 is 2.15 bits per heavy atom. The average Bonchev–Trinajstić information content (AvgIpc) is 3.01. The normalized spacial score (nSPS) is 11.3. The van der Waals surface area contributed by atoms with Crippen molar-refractivity contribution in [3.8, 4) is 22.3 Å². The molecule has 1 aliphatic carbocycles. The van der Waals surface area contributed by atoms with Crippen LogP contribution in [0.4, 0.5) is 0 Å². The van der Waals surface area contributed by atoms with Crippen molar-refractivity contribution in [1.29, 1.82) is 0 Å². The first-order valence-electron chi connectivity index (χ1n) is 8.26. The van der Waals surface area contributed by atoms with E-state index in [1.165, 1.54) is 72.1 Å². The van der Waals surface area contributed by atoms with E-state index >= 15 is 0 Å². The van der Waals surface area contributed by atoms with Crippen molar-refractivity contribution in [3.05, 3.63) is 90.0 Å². The van der Waals surface area contributed by atoms with Crippen LogP contribution in [0, 0.1) is 0 Å². The summed E-state index contributed by atoms with van der Waals surface area (Å²) in [7, 11) is 0. The van der Waals surface area contributed by atoms with Crippen LogP contribution in [0.3, 0.4) is 0 Å². The molecule has 3 heteroatoms. The molecule has 4 aromatic carbocycles. The summed E-state index contributed by atoms with van der Waals surface area (Å²) < 4.78 is 1.51. The number of fused-ring (bicyclic) bond motifs is 4. The van der Waals surface area contributed by atoms with Gasteiger partial charge in [0.1, 0.15) is 0 Å². The third-order valence-electron chi connectivity index (χ3n) is 5.05. The Bertz CT molecular complexity index is 1100. The van der Waals surface area contributed by atoms with E-state index in [0.29, 0.717) is 0 Å². The van der Waals surface area contributed by atoms with Crippen LogP contribution < -0.4 is 28.1 Å². The van der Waals surface area contributed by atoms with Gasteiger partial charge in [-0.05, 0) is 0 Å². The summed E-state index contributed by atoms with van der Waals surface area (Å²) in [6, 6.07) is 28.9. The maximum atomic E-state index is 2.33. The van der Waals surface area contributed by atoms with Crippen LogP contribution in [-0.4, -0.2) is 0 Å². The van der Waals surface area contributed by atoms with Crippen molar-refractivity contribution in [2.75, 3.05) is 0 Å². The average molecular weight is 454 g/mol. The Morgan fingerprint density at radius 2 is 1.31 bits per heavy atom. The fourth-order valence-electron chi connectivity index (χ4n) is 3.81. The van der Waals surface area contributed by atoms with E-state index in [2.05, 4.69) is 78.9 Å². The Kier molecular flexibility index (Phi) is 5.73. The molecular formula is C23H15Cl2Zr. The van der Waals surface area contributed by atoms with Gasteiger partial charge in [0.2, 0.25) is 0 Å². The van der Waals surface area contributed by atoms with Gasteiger partial charge < -0.3 is 24.8 Å². The zero-order chi connectivity index (χ0) is 16.1. The molecule has 0 heterocycles. The SMILES string of the molecule is [Cl-].[Cl-].[Zr+2][c]1c(-c2ccc3ccccc3c2)ccc2c1Cc1ccccc1-2. The van der Waals surface area contributed by atoms with Crippen LogP contribution in [0.5, 0.6) is 0 Å². The van der Waals surface area contributed by atoms with Gasteiger partial charge in [-0.1, -0.05) is 0 Å². The molecule has 0 aliphatic heterocycles. The van der Waals surface area contributed by atoms with E-state index < -0.39 is 0 Å². The van der Waals surface area contributed by atoms with E-state index in [-0.39, 0.29) is 24.8 Å². The monoisotopic (exact) mass is 451 g/mol. The van der Waals surface area contributed by atoms with Crippen molar-refractivity contribution < 1.29 is 49.5 Å². The second kappa shape index (κ2) is 7.69. The van der Waals surface area contributed by atoms with Gasteiger partial charge in [-0.3, -0.25) is 0 Å². The van der Waals surface area contributed by atoms with Crippen molar-refractivity contribution >= 4 is 14.0 Å². The molecule has 0 radical (unpaired) electrons. The fourth-order valence-corrected chi connectivity index (χ4v) is 4.92. The third-order valence-corrected chi connectivity index (χ3v) is 6.45. The van der Waals surface area contributed by atoms with Gasteiger partial charge in [0.15, 0.2) is 0 Å². The fraction of sp³-hybridized carbons (Fsp3) is 0.0435. The van der Waals surface area contributed by atoms with E-state index in [1.807, 2.05) is 0 Å². The molecule has 1 aliphatic rings. The van der Waals surface area contributed by atoms with Gasteiger partial charge in [0, 0.05) is 0 Å². The van der Waals surface area contributed by atoms with Crippen LogP contribution in [0.2, 0.25) is 0 Å². The standard InChI is InChI=1S/C23H15.2ClH.Zr/c1-2-6-17-13-18(10-9-16(17)5-1)19-11-12-23-21(14-19)15-20-7-3-4-8-22(20)23;;;/h1-13H,15H2;2*1H;/q;;;+2/p-2.